The highest BCUT2D eigenvalue weighted by Gasteiger charge is 2.18. The Morgan fingerprint density at radius 1 is 1.12 bits per heavy atom. The van der Waals surface area contributed by atoms with Crippen molar-refractivity contribution in [3.8, 4) is 17.2 Å². The number of aromatic nitrogens is 3. The van der Waals surface area contributed by atoms with Crippen LogP contribution < -0.4 is 14.8 Å². The van der Waals surface area contributed by atoms with E-state index in [0.29, 0.717) is 50.5 Å². The molecule has 0 saturated heterocycles. The summed E-state index contributed by atoms with van der Waals surface area (Å²) in [5.74, 6) is 1.80. The predicted octanol–water partition coefficient (Wildman–Crippen LogP) is 4.35. The lowest BCUT2D eigenvalue weighted by atomic mass is 10.1. The summed E-state index contributed by atoms with van der Waals surface area (Å²) < 4.78 is 13.0. The Kier molecular flexibility index (Phi) is 8.76. The van der Waals surface area contributed by atoms with Crippen LogP contribution in [-0.4, -0.2) is 53.0 Å². The first-order valence-corrected chi connectivity index (χ1v) is 12.0. The van der Waals surface area contributed by atoms with Crippen molar-refractivity contribution in [1.29, 1.82) is 0 Å². The molecule has 3 aromatic rings. The van der Waals surface area contributed by atoms with Crippen LogP contribution in [0.5, 0.6) is 11.5 Å². The number of hydrogen-bond donors (Lipinski definition) is 1. The Balaban J connectivity index is 1.85. The van der Waals surface area contributed by atoms with Crippen molar-refractivity contribution in [2.45, 2.75) is 18.5 Å². The highest BCUT2D eigenvalue weighted by molar-refractivity contribution is 9.10. The molecule has 1 aromatic heterocycles. The van der Waals surface area contributed by atoms with E-state index in [4.69, 9.17) is 21.1 Å². The van der Waals surface area contributed by atoms with Crippen LogP contribution in [0.25, 0.3) is 5.69 Å². The van der Waals surface area contributed by atoms with Gasteiger partial charge in [0.25, 0.3) is 0 Å². The number of rotatable bonds is 10. The summed E-state index contributed by atoms with van der Waals surface area (Å²) in [6.45, 7) is 1.86. The number of ether oxygens (including phenoxy) is 2. The topological polar surface area (TPSA) is 95.3 Å². The van der Waals surface area contributed by atoms with Gasteiger partial charge in [0.2, 0.25) is 5.91 Å². The van der Waals surface area contributed by atoms with Gasteiger partial charge < -0.3 is 14.8 Å². The molecule has 0 atom stereocenters. The van der Waals surface area contributed by atoms with Crippen molar-refractivity contribution in [3.63, 3.8) is 0 Å². The van der Waals surface area contributed by atoms with E-state index in [9.17, 15) is 9.59 Å². The molecule has 0 radical (unpaired) electrons. The lowest BCUT2D eigenvalue weighted by molar-refractivity contribution is -0.118. The predicted molar refractivity (Wildman–Crippen MR) is 131 cm³/mol. The van der Waals surface area contributed by atoms with Crippen LogP contribution in [0.3, 0.4) is 0 Å². The fourth-order valence-corrected chi connectivity index (χ4v) is 4.67. The number of Topliss-reactive ketones (excluding diaryl/α,β-unsaturated/α-hetero) is 1. The number of benzene rings is 2. The van der Waals surface area contributed by atoms with E-state index in [1.165, 1.54) is 18.7 Å². The van der Waals surface area contributed by atoms with E-state index < -0.39 is 0 Å². The molecule has 2 aromatic carbocycles. The van der Waals surface area contributed by atoms with Gasteiger partial charge in [0.15, 0.2) is 10.9 Å². The van der Waals surface area contributed by atoms with Crippen molar-refractivity contribution in [1.82, 2.24) is 20.1 Å². The molecule has 0 aliphatic rings. The van der Waals surface area contributed by atoms with E-state index in [-0.39, 0.29) is 17.4 Å². The minimum atomic E-state index is -0.126. The van der Waals surface area contributed by atoms with Crippen LogP contribution in [0.1, 0.15) is 23.1 Å². The Morgan fingerprint density at radius 2 is 1.85 bits per heavy atom. The maximum absolute atomic E-state index is 12.8. The van der Waals surface area contributed by atoms with Gasteiger partial charge in [0.1, 0.15) is 17.3 Å². The van der Waals surface area contributed by atoms with Crippen LogP contribution in [-0.2, 0) is 11.2 Å². The summed E-state index contributed by atoms with van der Waals surface area (Å²) in [5.41, 5.74) is 1.28. The zero-order valence-corrected chi connectivity index (χ0v) is 21.4. The van der Waals surface area contributed by atoms with Crippen molar-refractivity contribution >= 4 is 51.0 Å². The SMILES string of the molecule is COc1ccc(-n2c(CCNC(C)=O)nnc2SCC(=O)c2ccc(OC)c(Br)c2)cc1Cl. The van der Waals surface area contributed by atoms with Crippen LogP contribution in [0.4, 0.5) is 0 Å². The molecule has 11 heteroatoms. The molecule has 1 amide bonds. The number of halogens is 2. The number of ketones is 1. The molecule has 1 N–H and O–H groups in total. The zero-order valence-electron chi connectivity index (χ0n) is 18.2. The van der Waals surface area contributed by atoms with Crippen LogP contribution in [0.15, 0.2) is 46.0 Å². The number of thioether (sulfide) groups is 1. The van der Waals surface area contributed by atoms with E-state index >= 15 is 0 Å². The molecule has 0 aliphatic heterocycles. The molecule has 0 spiro atoms. The van der Waals surface area contributed by atoms with Crippen LogP contribution in [0, 0.1) is 0 Å². The van der Waals surface area contributed by atoms with Gasteiger partial charge in [-0.1, -0.05) is 23.4 Å². The first kappa shape index (κ1) is 25.1. The number of carbonyl (C=O) groups is 2. The minimum absolute atomic E-state index is 0.0644. The second kappa shape index (κ2) is 11.5. The maximum Gasteiger partial charge on any atom is 0.216 e. The average Bonchev–Trinajstić information content (AvgIpc) is 3.19. The fourth-order valence-electron chi connectivity index (χ4n) is 3.01. The van der Waals surface area contributed by atoms with E-state index in [2.05, 4.69) is 31.4 Å². The van der Waals surface area contributed by atoms with Crippen LogP contribution >= 0.6 is 39.3 Å². The molecule has 0 saturated carbocycles. The molecule has 0 fully saturated rings. The van der Waals surface area contributed by atoms with E-state index in [1.807, 2.05) is 10.6 Å². The standard InChI is InChI=1S/C22H22BrClN4O4S/c1-13(29)25-9-8-21-26-27-22(28(21)15-5-7-20(32-3)17(24)11-15)33-12-18(30)14-4-6-19(31-2)16(23)10-14/h4-7,10-11H,8-9,12H2,1-3H3,(H,25,29). The van der Waals surface area contributed by atoms with Gasteiger partial charge in [-0.05, 0) is 52.3 Å². The van der Waals surface area contributed by atoms with Crippen molar-refractivity contribution in [2.75, 3.05) is 26.5 Å². The lowest BCUT2D eigenvalue weighted by Gasteiger charge is -2.12. The average molecular weight is 554 g/mol. The van der Waals surface area contributed by atoms with Gasteiger partial charge in [0, 0.05) is 25.5 Å². The number of carbonyl (C=O) groups excluding carboxylic acids is 2. The smallest absolute Gasteiger partial charge is 0.216 e. The van der Waals surface area contributed by atoms with Crippen LogP contribution in [0.2, 0.25) is 5.02 Å². The number of nitrogens with zero attached hydrogens (tertiary/aromatic N) is 3. The third-order valence-corrected chi connectivity index (χ3v) is 6.47. The number of nitrogens with one attached hydrogen (secondary N) is 1. The van der Waals surface area contributed by atoms with Crippen molar-refractivity contribution in [3.05, 3.63) is 57.3 Å². The van der Waals surface area contributed by atoms with Gasteiger partial charge >= 0.3 is 0 Å². The Hall–Kier alpha value is -2.56. The van der Waals surface area contributed by atoms with E-state index in [1.54, 1.807) is 44.6 Å². The quantitative estimate of drug-likeness (QED) is 0.294. The number of hydrogen-bond acceptors (Lipinski definition) is 7. The van der Waals surface area contributed by atoms with Crippen molar-refractivity contribution in [2.24, 2.45) is 0 Å². The Labute approximate surface area is 209 Å². The molecular weight excluding hydrogens is 532 g/mol. The molecule has 0 aliphatic carbocycles. The summed E-state index contributed by atoms with van der Waals surface area (Å²) in [6.07, 6.45) is 0.455. The highest BCUT2D eigenvalue weighted by atomic mass is 79.9. The monoisotopic (exact) mass is 552 g/mol. The Morgan fingerprint density at radius 3 is 2.48 bits per heavy atom. The summed E-state index contributed by atoms with van der Waals surface area (Å²) in [5, 5.41) is 12.3. The molecule has 0 bridgehead atoms. The molecule has 174 valence electrons. The fraction of sp³-hybridized carbons (Fsp3) is 0.273. The van der Waals surface area contributed by atoms with Crippen molar-refractivity contribution < 1.29 is 19.1 Å². The molecular formula is C22H22BrClN4O4S. The largest absolute Gasteiger partial charge is 0.496 e. The summed E-state index contributed by atoms with van der Waals surface area (Å²) in [6, 6.07) is 10.5. The first-order chi connectivity index (χ1) is 15.8. The van der Waals surface area contributed by atoms with Gasteiger partial charge in [-0.25, -0.2) is 0 Å². The molecule has 8 nitrogen and oxygen atoms in total. The molecule has 3 rings (SSSR count). The minimum Gasteiger partial charge on any atom is -0.496 e. The third-order valence-electron chi connectivity index (χ3n) is 4.62. The molecule has 0 unspecified atom stereocenters. The normalized spacial score (nSPS) is 10.7. The number of methoxy groups -OCH3 is 2. The lowest BCUT2D eigenvalue weighted by Crippen LogP contribution is -2.23. The second-order valence-corrected chi connectivity index (χ2v) is 9.05. The molecule has 1 heterocycles. The van der Waals surface area contributed by atoms with Gasteiger partial charge in [-0.3, -0.25) is 14.2 Å². The van der Waals surface area contributed by atoms with Gasteiger partial charge in [0.05, 0.1) is 35.2 Å². The van der Waals surface area contributed by atoms with Gasteiger partial charge in [-0.15, -0.1) is 10.2 Å². The summed E-state index contributed by atoms with van der Waals surface area (Å²) >= 11 is 11.0. The first-order valence-electron chi connectivity index (χ1n) is 9.86. The third kappa shape index (κ3) is 6.27. The van der Waals surface area contributed by atoms with E-state index in [0.717, 1.165) is 5.69 Å². The Bertz CT molecular complexity index is 1170. The zero-order chi connectivity index (χ0) is 24.0. The number of amides is 1. The highest BCUT2D eigenvalue weighted by Crippen LogP contribution is 2.30. The maximum atomic E-state index is 12.8. The molecule has 33 heavy (non-hydrogen) atoms. The summed E-state index contributed by atoms with van der Waals surface area (Å²) in [7, 11) is 3.11. The second-order valence-electron chi connectivity index (χ2n) is 6.85. The van der Waals surface area contributed by atoms with Gasteiger partial charge in [-0.2, -0.15) is 0 Å². The summed E-state index contributed by atoms with van der Waals surface area (Å²) in [4.78, 5) is 24.0.